The van der Waals surface area contributed by atoms with Gasteiger partial charge in [0.25, 0.3) is 17.7 Å². The Hall–Kier alpha value is -4.30. The number of nitrogens with one attached hydrogen (secondary N) is 1. The van der Waals surface area contributed by atoms with Gasteiger partial charge in [0.05, 0.1) is 29.6 Å². The first-order valence-corrected chi connectivity index (χ1v) is 10.9. The van der Waals surface area contributed by atoms with E-state index in [1.54, 1.807) is 49.6 Å². The Morgan fingerprint density at radius 1 is 0.939 bits per heavy atom. The van der Waals surface area contributed by atoms with E-state index in [1.807, 2.05) is 29.6 Å². The van der Waals surface area contributed by atoms with Gasteiger partial charge >= 0.3 is 0 Å². The highest BCUT2D eigenvalue weighted by atomic mass is 32.1. The maximum absolute atomic E-state index is 12.9. The molecule has 3 amide bonds. The second kappa shape index (κ2) is 8.33. The number of aromatic nitrogens is 1. The van der Waals surface area contributed by atoms with Gasteiger partial charge in [-0.05, 0) is 42.5 Å². The number of rotatable bonds is 5. The number of imide groups is 1. The van der Waals surface area contributed by atoms with E-state index in [0.717, 1.165) is 16.2 Å². The molecular weight excluding hydrogens is 438 g/mol. The molecule has 162 valence electrons. The fraction of sp³-hybridized carbons (Fsp3) is 0.0400. The maximum Gasteiger partial charge on any atom is 0.266 e. The van der Waals surface area contributed by atoms with E-state index >= 15 is 0 Å². The van der Waals surface area contributed by atoms with E-state index in [9.17, 15) is 14.4 Å². The summed E-state index contributed by atoms with van der Waals surface area (Å²) in [5, 5.41) is 5.06. The average molecular weight is 455 g/mol. The van der Waals surface area contributed by atoms with Crippen LogP contribution in [0.4, 0.5) is 10.8 Å². The molecule has 7 nitrogen and oxygen atoms in total. The first-order chi connectivity index (χ1) is 16.0. The second-order valence-corrected chi connectivity index (χ2v) is 8.12. The normalized spacial score (nSPS) is 12.6. The van der Waals surface area contributed by atoms with Crippen LogP contribution in [0.3, 0.4) is 0 Å². The summed E-state index contributed by atoms with van der Waals surface area (Å²) in [6.45, 7) is 0. The van der Waals surface area contributed by atoms with Crippen molar-refractivity contribution in [3.63, 3.8) is 0 Å². The molecule has 3 aromatic carbocycles. The number of fused-ring (bicyclic) bond motifs is 1. The predicted molar refractivity (Wildman–Crippen MR) is 126 cm³/mol. The van der Waals surface area contributed by atoms with E-state index in [1.165, 1.54) is 17.4 Å². The van der Waals surface area contributed by atoms with Gasteiger partial charge in [0.1, 0.15) is 5.75 Å². The average Bonchev–Trinajstić information content (AvgIpc) is 3.42. The van der Waals surface area contributed by atoms with E-state index in [4.69, 9.17) is 4.74 Å². The van der Waals surface area contributed by atoms with Gasteiger partial charge in [0.2, 0.25) is 0 Å². The molecule has 2 heterocycles. The number of ether oxygens (including phenoxy) is 1. The Labute approximate surface area is 193 Å². The van der Waals surface area contributed by atoms with Crippen molar-refractivity contribution in [3.05, 3.63) is 94.9 Å². The molecule has 33 heavy (non-hydrogen) atoms. The molecule has 1 aromatic heterocycles. The highest BCUT2D eigenvalue weighted by Crippen LogP contribution is 2.30. The number of hydrogen-bond acceptors (Lipinski definition) is 6. The molecule has 1 aliphatic rings. The summed E-state index contributed by atoms with van der Waals surface area (Å²) in [6, 6.07) is 20.6. The van der Waals surface area contributed by atoms with Crippen LogP contribution in [-0.2, 0) is 0 Å². The number of amides is 3. The van der Waals surface area contributed by atoms with Crippen molar-refractivity contribution >= 4 is 39.9 Å². The van der Waals surface area contributed by atoms with E-state index in [-0.39, 0.29) is 5.91 Å². The third-order valence-electron chi connectivity index (χ3n) is 5.25. The Morgan fingerprint density at radius 3 is 2.39 bits per heavy atom. The standard InChI is InChI=1S/C25H17N3O4S/c1-32-18-9-5-6-15(13-18)21-14-33-25(26-21)27-22(29)16-7-4-8-17(12-16)28-23(30)19-10-2-3-11-20(19)24(28)31/h2-14H,1H3,(H,26,27,29). The van der Waals surface area contributed by atoms with Crippen LogP contribution in [0.15, 0.2) is 78.2 Å². The molecule has 5 rings (SSSR count). The van der Waals surface area contributed by atoms with Crippen molar-refractivity contribution < 1.29 is 19.1 Å². The molecule has 0 saturated heterocycles. The van der Waals surface area contributed by atoms with Crippen LogP contribution >= 0.6 is 11.3 Å². The summed E-state index contributed by atoms with van der Waals surface area (Å²) < 4.78 is 5.25. The SMILES string of the molecule is COc1cccc(-c2csc(NC(=O)c3cccc(N4C(=O)c5ccccc5C4=O)c3)n2)c1. The number of carbonyl (C=O) groups is 3. The zero-order chi connectivity index (χ0) is 22.9. The number of nitrogens with zero attached hydrogens (tertiary/aromatic N) is 2. The largest absolute Gasteiger partial charge is 0.497 e. The van der Waals surface area contributed by atoms with E-state index in [2.05, 4.69) is 10.3 Å². The molecular formula is C25H17N3O4S. The monoisotopic (exact) mass is 455 g/mol. The number of thiazole rings is 1. The number of carbonyl (C=O) groups excluding carboxylic acids is 3. The third kappa shape index (κ3) is 3.77. The van der Waals surface area contributed by atoms with Crippen molar-refractivity contribution in [3.8, 4) is 17.0 Å². The Kier molecular flexibility index (Phi) is 5.20. The minimum Gasteiger partial charge on any atom is -0.497 e. The summed E-state index contributed by atoms with van der Waals surface area (Å²) in [5.41, 5.74) is 2.94. The van der Waals surface area contributed by atoms with Gasteiger partial charge in [-0.1, -0.05) is 30.3 Å². The molecule has 4 aromatic rings. The van der Waals surface area contributed by atoms with Crippen molar-refractivity contribution in [2.75, 3.05) is 17.3 Å². The second-order valence-electron chi connectivity index (χ2n) is 7.27. The zero-order valence-corrected chi connectivity index (χ0v) is 18.3. The molecule has 1 N–H and O–H groups in total. The molecule has 0 fully saturated rings. The van der Waals surface area contributed by atoms with Crippen molar-refractivity contribution in [2.24, 2.45) is 0 Å². The summed E-state index contributed by atoms with van der Waals surface area (Å²) in [7, 11) is 1.60. The molecule has 0 aliphatic carbocycles. The maximum atomic E-state index is 12.9. The molecule has 1 aliphatic heterocycles. The lowest BCUT2D eigenvalue weighted by Crippen LogP contribution is -2.29. The minimum absolute atomic E-state index is 0.308. The summed E-state index contributed by atoms with van der Waals surface area (Å²) in [6.07, 6.45) is 0. The lowest BCUT2D eigenvalue weighted by molar-refractivity contribution is 0.0924. The van der Waals surface area contributed by atoms with Crippen LogP contribution in [-0.4, -0.2) is 29.8 Å². The van der Waals surface area contributed by atoms with Crippen LogP contribution in [0, 0.1) is 0 Å². The van der Waals surface area contributed by atoms with Crippen LogP contribution in [0.2, 0.25) is 0 Å². The molecule has 0 spiro atoms. The van der Waals surface area contributed by atoms with Gasteiger partial charge in [-0.3, -0.25) is 19.7 Å². The molecule has 0 saturated carbocycles. The van der Waals surface area contributed by atoms with E-state index in [0.29, 0.717) is 33.2 Å². The van der Waals surface area contributed by atoms with Crippen molar-refractivity contribution in [1.29, 1.82) is 0 Å². The topological polar surface area (TPSA) is 88.6 Å². The Bertz CT molecular complexity index is 1380. The lowest BCUT2D eigenvalue weighted by atomic mass is 10.1. The van der Waals surface area contributed by atoms with Crippen LogP contribution in [0.1, 0.15) is 31.1 Å². The predicted octanol–water partition coefficient (Wildman–Crippen LogP) is 4.87. The summed E-state index contributed by atoms with van der Waals surface area (Å²) >= 11 is 1.30. The highest BCUT2D eigenvalue weighted by Gasteiger charge is 2.36. The van der Waals surface area contributed by atoms with E-state index < -0.39 is 11.8 Å². The number of methoxy groups -OCH3 is 1. The first kappa shape index (κ1) is 20.6. The minimum atomic E-state index is -0.406. The molecule has 8 heteroatoms. The smallest absolute Gasteiger partial charge is 0.266 e. The zero-order valence-electron chi connectivity index (χ0n) is 17.4. The van der Waals surface area contributed by atoms with Gasteiger partial charge in [-0.2, -0.15) is 0 Å². The summed E-state index contributed by atoms with van der Waals surface area (Å²) in [5.74, 6) is -0.483. The fourth-order valence-corrected chi connectivity index (χ4v) is 4.34. The number of anilines is 2. The Balaban J connectivity index is 1.36. The van der Waals surface area contributed by atoms with Gasteiger partial charge in [-0.25, -0.2) is 9.88 Å². The lowest BCUT2D eigenvalue weighted by Gasteiger charge is -2.14. The van der Waals surface area contributed by atoms with Gasteiger partial charge in [-0.15, -0.1) is 11.3 Å². The quantitative estimate of drug-likeness (QED) is 0.434. The van der Waals surface area contributed by atoms with Gasteiger partial charge < -0.3 is 4.74 Å². The van der Waals surface area contributed by atoms with Crippen LogP contribution in [0.25, 0.3) is 11.3 Å². The van der Waals surface area contributed by atoms with Crippen molar-refractivity contribution in [2.45, 2.75) is 0 Å². The first-order valence-electron chi connectivity index (χ1n) is 10.0. The number of benzene rings is 3. The number of hydrogen-bond donors (Lipinski definition) is 1. The molecule has 0 bridgehead atoms. The van der Waals surface area contributed by atoms with Crippen LogP contribution < -0.4 is 15.0 Å². The summed E-state index contributed by atoms with van der Waals surface area (Å²) in [4.78, 5) is 43.9. The molecule has 0 radical (unpaired) electrons. The third-order valence-corrected chi connectivity index (χ3v) is 6.01. The van der Waals surface area contributed by atoms with Crippen LogP contribution in [0.5, 0.6) is 5.75 Å². The Morgan fingerprint density at radius 2 is 1.67 bits per heavy atom. The molecule has 0 unspecified atom stereocenters. The van der Waals surface area contributed by atoms with Gasteiger partial charge in [0.15, 0.2) is 5.13 Å². The fourth-order valence-electron chi connectivity index (χ4n) is 3.63. The van der Waals surface area contributed by atoms with Gasteiger partial charge in [0, 0.05) is 16.5 Å². The highest BCUT2D eigenvalue weighted by molar-refractivity contribution is 7.14. The van der Waals surface area contributed by atoms with Crippen molar-refractivity contribution in [1.82, 2.24) is 4.98 Å². The molecule has 0 atom stereocenters.